The van der Waals surface area contributed by atoms with E-state index in [-0.39, 0.29) is 33.6 Å². The molecule has 0 radical (unpaired) electrons. The first-order valence-corrected chi connectivity index (χ1v) is 6.64. The van der Waals surface area contributed by atoms with Crippen LogP contribution in [0.4, 0.5) is 5.69 Å². The van der Waals surface area contributed by atoms with E-state index in [9.17, 15) is 14.9 Å². The quantitative estimate of drug-likeness (QED) is 0.630. The SMILES string of the molecule is CC(N(C)C(=O)c1cc([N+](=O)[O-])ccc1Cl)C(C)(C)C. The zero-order valence-electron chi connectivity index (χ0n) is 12.3. The zero-order valence-corrected chi connectivity index (χ0v) is 13.1. The van der Waals surface area contributed by atoms with Gasteiger partial charge in [-0.3, -0.25) is 14.9 Å². The first kappa shape index (κ1) is 16.4. The molecule has 0 N–H and O–H groups in total. The van der Waals surface area contributed by atoms with E-state index in [0.29, 0.717) is 0 Å². The molecule has 20 heavy (non-hydrogen) atoms. The van der Waals surface area contributed by atoms with E-state index < -0.39 is 4.92 Å². The van der Waals surface area contributed by atoms with Crippen molar-refractivity contribution in [3.8, 4) is 0 Å². The van der Waals surface area contributed by atoms with Crippen LogP contribution in [0.15, 0.2) is 18.2 Å². The Bertz CT molecular complexity index is 538. The molecule has 0 bridgehead atoms. The molecule has 110 valence electrons. The van der Waals surface area contributed by atoms with Crippen molar-refractivity contribution in [1.82, 2.24) is 4.90 Å². The van der Waals surface area contributed by atoms with Gasteiger partial charge < -0.3 is 4.90 Å². The first-order valence-electron chi connectivity index (χ1n) is 6.26. The highest BCUT2D eigenvalue weighted by Gasteiger charge is 2.29. The summed E-state index contributed by atoms with van der Waals surface area (Å²) in [4.78, 5) is 24.3. The lowest BCUT2D eigenvalue weighted by molar-refractivity contribution is -0.384. The number of nitrogens with zero attached hydrogens (tertiary/aromatic N) is 2. The second kappa shape index (κ2) is 5.79. The van der Waals surface area contributed by atoms with E-state index in [1.54, 1.807) is 11.9 Å². The number of non-ortho nitro benzene ring substituents is 1. The Morgan fingerprint density at radius 2 is 1.95 bits per heavy atom. The van der Waals surface area contributed by atoms with Gasteiger partial charge in [0.25, 0.3) is 11.6 Å². The molecule has 0 aliphatic heterocycles. The van der Waals surface area contributed by atoms with Crippen LogP contribution in [-0.2, 0) is 0 Å². The average Bonchev–Trinajstić information content (AvgIpc) is 2.35. The molecule has 1 amide bonds. The van der Waals surface area contributed by atoms with Crippen LogP contribution in [0, 0.1) is 15.5 Å². The van der Waals surface area contributed by atoms with Gasteiger partial charge >= 0.3 is 0 Å². The number of rotatable bonds is 3. The van der Waals surface area contributed by atoms with Crippen molar-refractivity contribution >= 4 is 23.2 Å². The topological polar surface area (TPSA) is 63.5 Å². The van der Waals surface area contributed by atoms with Gasteiger partial charge in [-0.15, -0.1) is 0 Å². The van der Waals surface area contributed by atoms with E-state index in [4.69, 9.17) is 11.6 Å². The number of benzene rings is 1. The van der Waals surface area contributed by atoms with Gasteiger partial charge in [-0.2, -0.15) is 0 Å². The van der Waals surface area contributed by atoms with Crippen LogP contribution >= 0.6 is 11.6 Å². The lowest BCUT2D eigenvalue weighted by Crippen LogP contribution is -2.43. The summed E-state index contributed by atoms with van der Waals surface area (Å²) in [6, 6.07) is 3.84. The molecular formula is C14H19ClN2O3. The van der Waals surface area contributed by atoms with Crippen LogP contribution in [0.3, 0.4) is 0 Å². The third-order valence-electron chi connectivity index (χ3n) is 3.55. The van der Waals surface area contributed by atoms with Gasteiger partial charge in [0, 0.05) is 25.2 Å². The summed E-state index contributed by atoms with van der Waals surface area (Å²) in [7, 11) is 1.67. The number of amides is 1. The largest absolute Gasteiger partial charge is 0.338 e. The molecule has 0 spiro atoms. The predicted octanol–water partition coefficient (Wildman–Crippen LogP) is 3.75. The lowest BCUT2D eigenvalue weighted by Gasteiger charge is -2.35. The zero-order chi connectivity index (χ0) is 15.7. The maximum Gasteiger partial charge on any atom is 0.270 e. The molecule has 0 saturated heterocycles. The average molecular weight is 299 g/mol. The van der Waals surface area contributed by atoms with Gasteiger partial charge in [0.15, 0.2) is 0 Å². The lowest BCUT2D eigenvalue weighted by atomic mass is 9.87. The highest BCUT2D eigenvalue weighted by Crippen LogP contribution is 2.27. The molecule has 0 aromatic heterocycles. The van der Waals surface area contributed by atoms with E-state index in [1.807, 2.05) is 27.7 Å². The molecule has 5 nitrogen and oxygen atoms in total. The highest BCUT2D eigenvalue weighted by molar-refractivity contribution is 6.33. The van der Waals surface area contributed by atoms with Crippen molar-refractivity contribution in [2.75, 3.05) is 7.05 Å². The fourth-order valence-corrected chi connectivity index (χ4v) is 1.94. The Kier molecular flexibility index (Phi) is 4.76. The molecule has 0 saturated carbocycles. The first-order chi connectivity index (χ1) is 9.05. The predicted molar refractivity (Wildman–Crippen MR) is 79.1 cm³/mol. The second-order valence-corrected chi connectivity index (χ2v) is 6.29. The third kappa shape index (κ3) is 3.48. The minimum Gasteiger partial charge on any atom is -0.338 e. The molecule has 0 fully saturated rings. The summed E-state index contributed by atoms with van der Waals surface area (Å²) < 4.78 is 0. The van der Waals surface area contributed by atoms with E-state index in [0.717, 1.165) is 0 Å². The van der Waals surface area contributed by atoms with Crippen molar-refractivity contribution in [3.05, 3.63) is 38.9 Å². The van der Waals surface area contributed by atoms with Crippen molar-refractivity contribution in [2.45, 2.75) is 33.7 Å². The fourth-order valence-electron chi connectivity index (χ4n) is 1.74. The summed E-state index contributed by atoms with van der Waals surface area (Å²) in [5.74, 6) is -0.318. The maximum absolute atomic E-state index is 12.4. The van der Waals surface area contributed by atoms with Crippen molar-refractivity contribution in [1.29, 1.82) is 0 Å². The molecule has 0 aliphatic carbocycles. The van der Waals surface area contributed by atoms with Crippen molar-refractivity contribution < 1.29 is 9.72 Å². The Morgan fingerprint density at radius 1 is 1.40 bits per heavy atom. The van der Waals surface area contributed by atoms with Crippen LogP contribution in [0.2, 0.25) is 5.02 Å². The standard InChI is InChI=1S/C14H19ClN2O3/c1-9(14(2,3)4)16(5)13(18)11-8-10(17(19)20)6-7-12(11)15/h6-9H,1-5H3. The summed E-state index contributed by atoms with van der Waals surface area (Å²) >= 11 is 5.99. The van der Waals surface area contributed by atoms with Gasteiger partial charge in [-0.1, -0.05) is 32.4 Å². The summed E-state index contributed by atoms with van der Waals surface area (Å²) in [6.07, 6.45) is 0. The number of nitro groups is 1. The van der Waals surface area contributed by atoms with Crippen LogP contribution in [0.25, 0.3) is 0 Å². The van der Waals surface area contributed by atoms with Crippen molar-refractivity contribution in [3.63, 3.8) is 0 Å². The number of carbonyl (C=O) groups excluding carboxylic acids is 1. The van der Waals surface area contributed by atoms with Crippen LogP contribution < -0.4 is 0 Å². The molecule has 0 aliphatic rings. The molecule has 1 aromatic carbocycles. The molecule has 6 heteroatoms. The number of hydrogen-bond acceptors (Lipinski definition) is 3. The van der Waals surface area contributed by atoms with E-state index >= 15 is 0 Å². The molecular weight excluding hydrogens is 280 g/mol. The third-order valence-corrected chi connectivity index (χ3v) is 3.88. The van der Waals surface area contributed by atoms with Gasteiger partial charge in [0.05, 0.1) is 15.5 Å². The van der Waals surface area contributed by atoms with Gasteiger partial charge in [-0.05, 0) is 18.4 Å². The minimum absolute atomic E-state index is 0.0367. The van der Waals surface area contributed by atoms with Crippen LogP contribution in [-0.4, -0.2) is 28.8 Å². The van der Waals surface area contributed by atoms with Crippen LogP contribution in [0.1, 0.15) is 38.1 Å². The maximum atomic E-state index is 12.4. The molecule has 1 rings (SSSR count). The molecule has 1 atom stereocenters. The molecule has 1 unspecified atom stereocenters. The summed E-state index contributed by atoms with van der Waals surface area (Å²) in [5.41, 5.74) is -0.0912. The molecule has 0 heterocycles. The summed E-state index contributed by atoms with van der Waals surface area (Å²) in [5, 5.41) is 11.0. The monoisotopic (exact) mass is 298 g/mol. The van der Waals surface area contributed by atoms with E-state index in [2.05, 4.69) is 0 Å². The minimum atomic E-state index is -0.541. The summed E-state index contributed by atoms with van der Waals surface area (Å²) in [6.45, 7) is 8.01. The van der Waals surface area contributed by atoms with Gasteiger partial charge in [0.1, 0.15) is 0 Å². The molecule has 1 aromatic rings. The van der Waals surface area contributed by atoms with Gasteiger partial charge in [0.2, 0.25) is 0 Å². The van der Waals surface area contributed by atoms with E-state index in [1.165, 1.54) is 18.2 Å². The Morgan fingerprint density at radius 3 is 2.40 bits per heavy atom. The second-order valence-electron chi connectivity index (χ2n) is 5.88. The number of nitro benzene ring substituents is 1. The Hall–Kier alpha value is -1.62. The normalized spacial score (nSPS) is 12.9. The van der Waals surface area contributed by atoms with Crippen molar-refractivity contribution in [2.24, 2.45) is 5.41 Å². The highest BCUT2D eigenvalue weighted by atomic mass is 35.5. The number of hydrogen-bond donors (Lipinski definition) is 0. The van der Waals surface area contributed by atoms with Crippen LogP contribution in [0.5, 0.6) is 0 Å². The smallest absolute Gasteiger partial charge is 0.270 e. The van der Waals surface area contributed by atoms with Gasteiger partial charge in [-0.25, -0.2) is 0 Å². The fraction of sp³-hybridized carbons (Fsp3) is 0.500. The Labute approximate surface area is 123 Å². The Balaban J connectivity index is 3.15. The number of halogens is 1. The number of carbonyl (C=O) groups is 1.